The fourth-order valence-electron chi connectivity index (χ4n) is 2.54. The van der Waals surface area contributed by atoms with Crippen molar-refractivity contribution in [3.8, 4) is 0 Å². The quantitative estimate of drug-likeness (QED) is 0.794. The molecule has 2 unspecified atom stereocenters. The topological polar surface area (TPSA) is 57.5 Å². The van der Waals surface area contributed by atoms with E-state index in [1.54, 1.807) is 0 Å². The first-order chi connectivity index (χ1) is 8.99. The van der Waals surface area contributed by atoms with Gasteiger partial charge in [0, 0.05) is 0 Å². The number of carbonyl (C=O) groups is 1. The highest BCUT2D eigenvalue weighted by molar-refractivity contribution is 5.72. The first-order valence-corrected chi connectivity index (χ1v) is 7.04. The van der Waals surface area contributed by atoms with E-state index >= 15 is 0 Å². The minimum absolute atomic E-state index is 0.398. The van der Waals surface area contributed by atoms with Gasteiger partial charge in [-0.1, -0.05) is 51.5 Å². The summed E-state index contributed by atoms with van der Waals surface area (Å²) in [6.45, 7) is 5.84. The van der Waals surface area contributed by atoms with Gasteiger partial charge >= 0.3 is 5.97 Å². The zero-order chi connectivity index (χ0) is 14.5. The highest BCUT2D eigenvalue weighted by atomic mass is 16.4. The van der Waals surface area contributed by atoms with Crippen LogP contribution in [-0.4, -0.2) is 16.2 Å². The summed E-state index contributed by atoms with van der Waals surface area (Å²) in [7, 11) is 0. The standard InChI is InChI=1S/C16H24O3/c1-4-7-14(15(17)18)16(19,6-3)13-10-8-12(5-2)9-11-13/h8-11,14,19H,4-7H2,1-3H3,(H,17,18). The Balaban J connectivity index is 3.15. The summed E-state index contributed by atoms with van der Waals surface area (Å²) >= 11 is 0. The van der Waals surface area contributed by atoms with E-state index in [-0.39, 0.29) is 0 Å². The predicted molar refractivity (Wildman–Crippen MR) is 76.0 cm³/mol. The zero-order valence-electron chi connectivity index (χ0n) is 12.0. The number of aliphatic carboxylic acids is 1. The molecule has 2 atom stereocenters. The molecule has 19 heavy (non-hydrogen) atoms. The summed E-state index contributed by atoms with van der Waals surface area (Å²) in [5.74, 6) is -1.68. The fraction of sp³-hybridized carbons (Fsp3) is 0.562. The van der Waals surface area contributed by atoms with Gasteiger partial charge in [0.1, 0.15) is 5.60 Å². The maximum atomic E-state index is 11.4. The van der Waals surface area contributed by atoms with Crippen molar-refractivity contribution in [2.45, 2.75) is 52.1 Å². The van der Waals surface area contributed by atoms with Crippen LogP contribution in [0.2, 0.25) is 0 Å². The molecule has 0 heterocycles. The molecule has 3 heteroatoms. The van der Waals surface area contributed by atoms with Crippen molar-refractivity contribution in [3.05, 3.63) is 35.4 Å². The molecule has 0 aromatic heterocycles. The molecular formula is C16H24O3. The van der Waals surface area contributed by atoms with Crippen LogP contribution in [0.3, 0.4) is 0 Å². The van der Waals surface area contributed by atoms with Crippen LogP contribution >= 0.6 is 0 Å². The second-order valence-corrected chi connectivity index (χ2v) is 5.01. The van der Waals surface area contributed by atoms with Gasteiger partial charge in [0.25, 0.3) is 0 Å². The lowest BCUT2D eigenvalue weighted by atomic mass is 9.77. The van der Waals surface area contributed by atoms with E-state index in [0.717, 1.165) is 12.8 Å². The number of carboxylic acid groups (broad SMARTS) is 1. The number of carboxylic acids is 1. The van der Waals surface area contributed by atoms with E-state index in [4.69, 9.17) is 0 Å². The molecule has 1 aromatic carbocycles. The third kappa shape index (κ3) is 3.35. The maximum absolute atomic E-state index is 11.4. The molecule has 0 radical (unpaired) electrons. The number of hydrogen-bond donors (Lipinski definition) is 2. The molecule has 0 aliphatic heterocycles. The summed E-state index contributed by atoms with van der Waals surface area (Å²) in [5, 5.41) is 20.2. The van der Waals surface area contributed by atoms with Gasteiger partial charge < -0.3 is 10.2 Å². The largest absolute Gasteiger partial charge is 0.481 e. The first-order valence-electron chi connectivity index (χ1n) is 7.04. The molecule has 0 spiro atoms. The normalized spacial score (nSPS) is 15.8. The summed E-state index contributed by atoms with van der Waals surface area (Å²) < 4.78 is 0. The van der Waals surface area contributed by atoms with Crippen LogP contribution < -0.4 is 0 Å². The molecule has 0 aliphatic carbocycles. The van der Waals surface area contributed by atoms with Gasteiger partial charge in [0.05, 0.1) is 5.92 Å². The van der Waals surface area contributed by atoms with Crippen molar-refractivity contribution in [1.82, 2.24) is 0 Å². The Morgan fingerprint density at radius 3 is 2.16 bits per heavy atom. The summed E-state index contributed by atoms with van der Waals surface area (Å²) in [6, 6.07) is 7.63. The van der Waals surface area contributed by atoms with Crippen molar-refractivity contribution in [2.75, 3.05) is 0 Å². The van der Waals surface area contributed by atoms with Crippen LogP contribution in [0.5, 0.6) is 0 Å². The minimum atomic E-state index is -1.28. The monoisotopic (exact) mass is 264 g/mol. The SMILES string of the molecule is CCCC(C(=O)O)C(O)(CC)c1ccc(CC)cc1. The smallest absolute Gasteiger partial charge is 0.309 e. The van der Waals surface area contributed by atoms with Crippen molar-refractivity contribution < 1.29 is 15.0 Å². The van der Waals surface area contributed by atoms with Crippen LogP contribution in [0, 0.1) is 5.92 Å². The molecular weight excluding hydrogens is 240 g/mol. The molecule has 0 fully saturated rings. The predicted octanol–water partition coefficient (Wildman–Crippen LogP) is 3.35. The Kier molecular flexibility index (Phi) is 5.55. The average Bonchev–Trinajstić information content (AvgIpc) is 2.43. The summed E-state index contributed by atoms with van der Waals surface area (Å²) in [5.41, 5.74) is 0.603. The summed E-state index contributed by atoms with van der Waals surface area (Å²) in [6.07, 6.45) is 2.55. The lowest BCUT2D eigenvalue weighted by Gasteiger charge is -2.33. The lowest BCUT2D eigenvalue weighted by molar-refractivity contribution is -0.154. The highest BCUT2D eigenvalue weighted by Gasteiger charge is 2.40. The lowest BCUT2D eigenvalue weighted by Crippen LogP contribution is -2.39. The first kappa shape index (κ1) is 15.7. The Bertz CT molecular complexity index is 411. The van der Waals surface area contributed by atoms with E-state index in [1.165, 1.54) is 5.56 Å². The number of rotatable bonds is 7. The summed E-state index contributed by atoms with van der Waals surface area (Å²) in [4.78, 5) is 11.4. The van der Waals surface area contributed by atoms with E-state index < -0.39 is 17.5 Å². The van der Waals surface area contributed by atoms with Crippen LogP contribution in [0.25, 0.3) is 0 Å². The molecule has 106 valence electrons. The highest BCUT2D eigenvalue weighted by Crippen LogP contribution is 2.36. The Labute approximate surface area is 115 Å². The van der Waals surface area contributed by atoms with Gasteiger partial charge in [-0.2, -0.15) is 0 Å². The van der Waals surface area contributed by atoms with Crippen LogP contribution in [0.1, 0.15) is 51.2 Å². The number of hydrogen-bond acceptors (Lipinski definition) is 2. The molecule has 0 amide bonds. The third-order valence-corrected chi connectivity index (χ3v) is 3.85. The zero-order valence-corrected chi connectivity index (χ0v) is 12.0. The number of benzene rings is 1. The Hall–Kier alpha value is -1.35. The molecule has 0 aliphatic rings. The van der Waals surface area contributed by atoms with Gasteiger partial charge in [-0.05, 0) is 30.4 Å². The van der Waals surface area contributed by atoms with Crippen LogP contribution in [0.15, 0.2) is 24.3 Å². The molecule has 3 nitrogen and oxygen atoms in total. The van der Waals surface area contributed by atoms with E-state index in [1.807, 2.05) is 38.1 Å². The fourth-order valence-corrected chi connectivity index (χ4v) is 2.54. The van der Waals surface area contributed by atoms with Gasteiger partial charge in [-0.25, -0.2) is 0 Å². The van der Waals surface area contributed by atoms with E-state index in [2.05, 4.69) is 6.92 Å². The second kappa shape index (κ2) is 6.71. The molecule has 2 N–H and O–H groups in total. The van der Waals surface area contributed by atoms with Gasteiger partial charge in [0.2, 0.25) is 0 Å². The Morgan fingerprint density at radius 2 is 1.79 bits per heavy atom. The number of aliphatic hydroxyl groups is 1. The van der Waals surface area contributed by atoms with Crippen molar-refractivity contribution >= 4 is 5.97 Å². The second-order valence-electron chi connectivity index (χ2n) is 5.01. The Morgan fingerprint density at radius 1 is 1.21 bits per heavy atom. The van der Waals surface area contributed by atoms with Crippen LogP contribution in [0.4, 0.5) is 0 Å². The van der Waals surface area contributed by atoms with Crippen LogP contribution in [-0.2, 0) is 16.8 Å². The van der Waals surface area contributed by atoms with Crippen molar-refractivity contribution in [1.29, 1.82) is 0 Å². The number of aryl methyl sites for hydroxylation is 1. The van der Waals surface area contributed by atoms with Crippen molar-refractivity contribution in [2.24, 2.45) is 5.92 Å². The maximum Gasteiger partial charge on any atom is 0.309 e. The molecule has 0 saturated heterocycles. The molecule has 1 aromatic rings. The molecule has 0 saturated carbocycles. The average molecular weight is 264 g/mol. The minimum Gasteiger partial charge on any atom is -0.481 e. The van der Waals surface area contributed by atoms with Crippen molar-refractivity contribution in [3.63, 3.8) is 0 Å². The van der Waals surface area contributed by atoms with E-state index in [0.29, 0.717) is 18.4 Å². The van der Waals surface area contributed by atoms with Gasteiger partial charge in [-0.3, -0.25) is 4.79 Å². The van der Waals surface area contributed by atoms with Gasteiger partial charge in [0.15, 0.2) is 0 Å². The van der Waals surface area contributed by atoms with E-state index in [9.17, 15) is 15.0 Å². The van der Waals surface area contributed by atoms with Gasteiger partial charge in [-0.15, -0.1) is 0 Å². The molecule has 0 bridgehead atoms. The third-order valence-electron chi connectivity index (χ3n) is 3.85. The molecule has 1 rings (SSSR count).